The molecule has 0 radical (unpaired) electrons. The maximum atomic E-state index is 6.15. The van der Waals surface area contributed by atoms with E-state index in [-0.39, 0.29) is 5.54 Å². The lowest BCUT2D eigenvalue weighted by atomic mass is 9.89. The maximum Gasteiger partial charge on any atom is 0.0373 e. The van der Waals surface area contributed by atoms with Gasteiger partial charge in [0.2, 0.25) is 0 Å². The largest absolute Gasteiger partial charge is 0.322 e. The van der Waals surface area contributed by atoms with E-state index in [2.05, 4.69) is 17.1 Å². The second kappa shape index (κ2) is 4.06. The van der Waals surface area contributed by atoms with Gasteiger partial charge < -0.3 is 5.73 Å². The third-order valence-corrected chi connectivity index (χ3v) is 2.60. The number of benzene rings is 1. The highest BCUT2D eigenvalue weighted by Crippen LogP contribution is 2.28. The van der Waals surface area contributed by atoms with Crippen LogP contribution in [-0.4, -0.2) is 4.98 Å². The topological polar surface area (TPSA) is 38.9 Å². The summed E-state index contributed by atoms with van der Waals surface area (Å²) < 4.78 is 0. The average Bonchev–Trinajstić information content (AvgIpc) is 2.29. The molecular formula is C14H16N2. The standard InChI is InChI=1S/C14H16N2/c1-14(2,15)13-10-16-9-8-12(13)11-6-4-3-5-7-11/h3-10H,15H2,1-2H3. The number of hydrogen-bond acceptors (Lipinski definition) is 2. The summed E-state index contributed by atoms with van der Waals surface area (Å²) in [6.07, 6.45) is 3.65. The summed E-state index contributed by atoms with van der Waals surface area (Å²) >= 11 is 0. The van der Waals surface area contributed by atoms with Crippen LogP contribution in [0, 0.1) is 0 Å². The van der Waals surface area contributed by atoms with Crippen molar-refractivity contribution in [2.75, 3.05) is 0 Å². The molecule has 1 aromatic carbocycles. The summed E-state index contributed by atoms with van der Waals surface area (Å²) in [5, 5.41) is 0. The predicted octanol–water partition coefficient (Wildman–Crippen LogP) is 2.94. The van der Waals surface area contributed by atoms with Crippen LogP contribution >= 0.6 is 0 Å². The molecule has 0 bridgehead atoms. The molecule has 82 valence electrons. The van der Waals surface area contributed by atoms with E-state index in [4.69, 9.17) is 5.73 Å². The summed E-state index contributed by atoms with van der Waals surface area (Å²) in [4.78, 5) is 4.16. The molecule has 0 amide bonds. The van der Waals surface area contributed by atoms with Crippen molar-refractivity contribution in [2.24, 2.45) is 5.73 Å². The second-order valence-corrected chi connectivity index (χ2v) is 4.51. The molecular weight excluding hydrogens is 196 g/mol. The third kappa shape index (κ3) is 2.12. The van der Waals surface area contributed by atoms with Crippen LogP contribution in [0.5, 0.6) is 0 Å². The Hall–Kier alpha value is -1.67. The van der Waals surface area contributed by atoms with Crippen LogP contribution in [0.25, 0.3) is 11.1 Å². The van der Waals surface area contributed by atoms with Crippen LogP contribution in [0.1, 0.15) is 19.4 Å². The molecule has 2 nitrogen and oxygen atoms in total. The number of pyridine rings is 1. The molecule has 2 heteroatoms. The molecule has 1 heterocycles. The Morgan fingerprint density at radius 3 is 2.38 bits per heavy atom. The quantitative estimate of drug-likeness (QED) is 0.831. The number of hydrogen-bond donors (Lipinski definition) is 1. The van der Waals surface area contributed by atoms with Crippen LogP contribution in [0.4, 0.5) is 0 Å². The molecule has 0 fully saturated rings. The minimum Gasteiger partial charge on any atom is -0.322 e. The van der Waals surface area contributed by atoms with Gasteiger partial charge in [-0.05, 0) is 36.6 Å². The minimum atomic E-state index is -0.376. The van der Waals surface area contributed by atoms with Crippen LogP contribution in [0.2, 0.25) is 0 Å². The van der Waals surface area contributed by atoms with Crippen molar-refractivity contribution < 1.29 is 0 Å². The van der Waals surface area contributed by atoms with Crippen LogP contribution in [0.15, 0.2) is 48.8 Å². The molecule has 0 unspecified atom stereocenters. The van der Waals surface area contributed by atoms with Crippen LogP contribution in [-0.2, 0) is 5.54 Å². The highest BCUT2D eigenvalue weighted by Gasteiger charge is 2.18. The normalized spacial score (nSPS) is 11.4. The Morgan fingerprint density at radius 1 is 1.06 bits per heavy atom. The molecule has 0 aliphatic heterocycles. The van der Waals surface area contributed by atoms with Gasteiger partial charge in [0.1, 0.15) is 0 Å². The number of aromatic nitrogens is 1. The first kappa shape index (κ1) is 10.8. The van der Waals surface area contributed by atoms with Crippen LogP contribution in [0.3, 0.4) is 0 Å². The van der Waals surface area contributed by atoms with Gasteiger partial charge in [-0.15, -0.1) is 0 Å². The molecule has 0 saturated carbocycles. The molecule has 1 aromatic heterocycles. The number of nitrogens with zero attached hydrogens (tertiary/aromatic N) is 1. The molecule has 16 heavy (non-hydrogen) atoms. The highest BCUT2D eigenvalue weighted by molar-refractivity contribution is 5.67. The fourth-order valence-electron chi connectivity index (χ4n) is 1.78. The smallest absolute Gasteiger partial charge is 0.0373 e. The molecule has 0 atom stereocenters. The fraction of sp³-hybridized carbons (Fsp3) is 0.214. The fourth-order valence-corrected chi connectivity index (χ4v) is 1.78. The van der Waals surface area contributed by atoms with E-state index < -0.39 is 0 Å². The summed E-state index contributed by atoms with van der Waals surface area (Å²) in [6.45, 7) is 3.99. The molecule has 0 aliphatic carbocycles. The SMILES string of the molecule is CC(C)(N)c1cnccc1-c1ccccc1. The van der Waals surface area contributed by atoms with Gasteiger partial charge in [-0.1, -0.05) is 30.3 Å². The number of rotatable bonds is 2. The first-order valence-electron chi connectivity index (χ1n) is 5.38. The van der Waals surface area contributed by atoms with Gasteiger partial charge >= 0.3 is 0 Å². The van der Waals surface area contributed by atoms with Crippen molar-refractivity contribution in [3.05, 3.63) is 54.4 Å². The monoisotopic (exact) mass is 212 g/mol. The van der Waals surface area contributed by atoms with Gasteiger partial charge in [0, 0.05) is 17.9 Å². The molecule has 2 rings (SSSR count). The summed E-state index contributed by atoms with van der Waals surface area (Å²) in [6, 6.07) is 12.3. The van der Waals surface area contributed by atoms with Crippen LogP contribution < -0.4 is 5.73 Å². The first-order chi connectivity index (χ1) is 7.59. The van der Waals surface area contributed by atoms with E-state index in [1.165, 1.54) is 5.56 Å². The molecule has 0 saturated heterocycles. The molecule has 2 aromatic rings. The maximum absolute atomic E-state index is 6.15. The summed E-state index contributed by atoms with van der Waals surface area (Å²) in [5.74, 6) is 0. The lowest BCUT2D eigenvalue weighted by molar-refractivity contribution is 0.554. The zero-order valence-electron chi connectivity index (χ0n) is 9.64. The Labute approximate surface area is 96.1 Å². The van der Waals surface area contributed by atoms with Gasteiger partial charge in [0.05, 0.1) is 0 Å². The van der Waals surface area contributed by atoms with Crippen molar-refractivity contribution >= 4 is 0 Å². The van der Waals surface area contributed by atoms with Gasteiger partial charge in [-0.3, -0.25) is 4.98 Å². The molecule has 0 spiro atoms. The van der Waals surface area contributed by atoms with E-state index in [9.17, 15) is 0 Å². The van der Waals surface area contributed by atoms with Crippen molar-refractivity contribution in [3.8, 4) is 11.1 Å². The van der Waals surface area contributed by atoms with Gasteiger partial charge in [-0.25, -0.2) is 0 Å². The Kier molecular flexibility index (Phi) is 2.75. The molecule has 2 N–H and O–H groups in total. The van der Waals surface area contributed by atoms with Gasteiger partial charge in [0.15, 0.2) is 0 Å². The summed E-state index contributed by atoms with van der Waals surface area (Å²) in [5.41, 5.74) is 9.18. The van der Waals surface area contributed by atoms with E-state index in [1.54, 1.807) is 6.20 Å². The second-order valence-electron chi connectivity index (χ2n) is 4.51. The van der Waals surface area contributed by atoms with E-state index >= 15 is 0 Å². The van der Waals surface area contributed by atoms with Crippen molar-refractivity contribution in [1.82, 2.24) is 4.98 Å². The highest BCUT2D eigenvalue weighted by atomic mass is 14.7. The van der Waals surface area contributed by atoms with Crippen molar-refractivity contribution in [3.63, 3.8) is 0 Å². The number of nitrogens with two attached hydrogens (primary N) is 1. The summed E-state index contributed by atoms with van der Waals surface area (Å²) in [7, 11) is 0. The minimum absolute atomic E-state index is 0.376. The third-order valence-electron chi connectivity index (χ3n) is 2.60. The Bertz CT molecular complexity index is 470. The predicted molar refractivity (Wildman–Crippen MR) is 66.9 cm³/mol. The lowest BCUT2D eigenvalue weighted by Gasteiger charge is -2.22. The molecule has 0 aliphatic rings. The Balaban J connectivity index is 2.58. The van der Waals surface area contributed by atoms with Gasteiger partial charge in [0.25, 0.3) is 0 Å². The van der Waals surface area contributed by atoms with E-state index in [1.807, 2.05) is 44.3 Å². The van der Waals surface area contributed by atoms with E-state index in [0.29, 0.717) is 0 Å². The van der Waals surface area contributed by atoms with E-state index in [0.717, 1.165) is 11.1 Å². The zero-order valence-corrected chi connectivity index (χ0v) is 9.64. The Morgan fingerprint density at radius 2 is 1.75 bits per heavy atom. The van der Waals surface area contributed by atoms with Gasteiger partial charge in [-0.2, -0.15) is 0 Å². The first-order valence-corrected chi connectivity index (χ1v) is 5.38. The average molecular weight is 212 g/mol. The van der Waals surface area contributed by atoms with Crippen molar-refractivity contribution in [1.29, 1.82) is 0 Å². The lowest BCUT2D eigenvalue weighted by Crippen LogP contribution is -2.29. The van der Waals surface area contributed by atoms with Crippen molar-refractivity contribution in [2.45, 2.75) is 19.4 Å². The zero-order chi connectivity index (χ0) is 11.6.